The summed E-state index contributed by atoms with van der Waals surface area (Å²) >= 11 is 2.04. The molecule has 2 atom stereocenters. The summed E-state index contributed by atoms with van der Waals surface area (Å²) in [5.74, 6) is 0. The maximum Gasteiger partial charge on any atom is 0.0354 e. The summed E-state index contributed by atoms with van der Waals surface area (Å²) < 4.78 is 0. The summed E-state index contributed by atoms with van der Waals surface area (Å²) in [6, 6.07) is 1.73. The lowest BCUT2D eigenvalue weighted by atomic mass is 10.2. The maximum absolute atomic E-state index is 3.53. The monoisotopic (exact) mass is 214 g/mol. The van der Waals surface area contributed by atoms with Crippen LogP contribution in [-0.4, -0.2) is 48.1 Å². The Hall–Kier alpha value is 0.270. The van der Waals surface area contributed by atoms with Crippen molar-refractivity contribution in [2.24, 2.45) is 0 Å². The summed E-state index contributed by atoms with van der Waals surface area (Å²) in [4.78, 5) is 2.77. The molecule has 1 aliphatic carbocycles. The van der Waals surface area contributed by atoms with Gasteiger partial charge in [-0.25, -0.2) is 0 Å². The Morgan fingerprint density at radius 2 is 2.14 bits per heavy atom. The normalized spacial score (nSPS) is 32.8. The average molecular weight is 214 g/mol. The van der Waals surface area contributed by atoms with E-state index in [1.54, 1.807) is 0 Å². The van der Waals surface area contributed by atoms with E-state index in [0.29, 0.717) is 0 Å². The van der Waals surface area contributed by atoms with Gasteiger partial charge in [0.1, 0.15) is 0 Å². The van der Waals surface area contributed by atoms with Gasteiger partial charge in [-0.2, -0.15) is 11.8 Å². The van der Waals surface area contributed by atoms with Gasteiger partial charge in [0.2, 0.25) is 0 Å². The molecule has 0 aromatic carbocycles. The van der Waals surface area contributed by atoms with Crippen LogP contribution in [0.2, 0.25) is 0 Å². The Morgan fingerprint density at radius 3 is 2.71 bits per heavy atom. The van der Waals surface area contributed by atoms with E-state index in [1.165, 1.54) is 38.9 Å². The third-order valence-electron chi connectivity index (χ3n) is 3.35. The van der Waals surface area contributed by atoms with Gasteiger partial charge in [-0.05, 0) is 32.1 Å². The lowest BCUT2D eigenvalue weighted by molar-refractivity contribution is 0.201. The molecule has 1 saturated heterocycles. The van der Waals surface area contributed by atoms with Gasteiger partial charge < -0.3 is 5.32 Å². The Labute approximate surface area is 91.8 Å². The van der Waals surface area contributed by atoms with Gasteiger partial charge in [0.25, 0.3) is 0 Å². The van der Waals surface area contributed by atoms with Crippen LogP contribution in [0.4, 0.5) is 0 Å². The third kappa shape index (κ3) is 2.26. The van der Waals surface area contributed by atoms with Crippen LogP contribution in [0.5, 0.6) is 0 Å². The first-order chi connectivity index (χ1) is 6.86. The summed E-state index contributed by atoms with van der Waals surface area (Å²) in [6.45, 7) is 6.01. The first kappa shape index (κ1) is 10.8. The van der Waals surface area contributed by atoms with Gasteiger partial charge in [0.05, 0.1) is 0 Å². The lowest BCUT2D eigenvalue weighted by Gasteiger charge is -2.31. The standard InChI is InChI=1S/C11H22N2S/c1-3-6-13(9-4-5-9)10-7-12-8-11(10)14-2/h9-12H,3-8H2,1-2H3. The zero-order valence-electron chi connectivity index (χ0n) is 9.33. The molecule has 2 nitrogen and oxygen atoms in total. The molecule has 2 unspecified atom stereocenters. The van der Waals surface area contributed by atoms with Crippen molar-refractivity contribution in [3.8, 4) is 0 Å². The Bertz CT molecular complexity index is 182. The quantitative estimate of drug-likeness (QED) is 0.748. The van der Waals surface area contributed by atoms with Gasteiger partial charge in [0.15, 0.2) is 0 Å². The Balaban J connectivity index is 1.94. The summed E-state index contributed by atoms with van der Waals surface area (Å²) in [5.41, 5.74) is 0. The maximum atomic E-state index is 3.53. The molecule has 2 aliphatic rings. The Morgan fingerprint density at radius 1 is 1.36 bits per heavy atom. The van der Waals surface area contributed by atoms with Crippen LogP contribution in [0, 0.1) is 0 Å². The van der Waals surface area contributed by atoms with E-state index in [1.807, 2.05) is 11.8 Å². The summed E-state index contributed by atoms with van der Waals surface area (Å²) in [7, 11) is 0. The second kappa shape index (κ2) is 4.86. The first-order valence-electron chi connectivity index (χ1n) is 5.86. The van der Waals surface area contributed by atoms with Gasteiger partial charge in [-0.1, -0.05) is 6.92 Å². The number of nitrogens with zero attached hydrogens (tertiary/aromatic N) is 1. The minimum atomic E-state index is 0.803. The van der Waals surface area contributed by atoms with Crippen LogP contribution >= 0.6 is 11.8 Å². The van der Waals surface area contributed by atoms with E-state index in [9.17, 15) is 0 Å². The molecule has 0 aromatic rings. The largest absolute Gasteiger partial charge is 0.314 e. The average Bonchev–Trinajstić information content (AvgIpc) is 2.92. The zero-order chi connectivity index (χ0) is 9.97. The molecule has 0 radical (unpaired) electrons. The number of rotatable bonds is 5. The van der Waals surface area contributed by atoms with Gasteiger partial charge in [0, 0.05) is 30.4 Å². The van der Waals surface area contributed by atoms with E-state index >= 15 is 0 Å². The highest BCUT2D eigenvalue weighted by molar-refractivity contribution is 7.99. The van der Waals surface area contributed by atoms with Crippen molar-refractivity contribution >= 4 is 11.8 Å². The van der Waals surface area contributed by atoms with Crippen LogP contribution in [0.25, 0.3) is 0 Å². The highest BCUT2D eigenvalue weighted by Crippen LogP contribution is 2.32. The molecule has 1 heterocycles. The predicted octanol–water partition coefficient (Wildman–Crippen LogP) is 1.56. The fraction of sp³-hybridized carbons (Fsp3) is 1.00. The van der Waals surface area contributed by atoms with Crippen LogP contribution in [0.3, 0.4) is 0 Å². The SMILES string of the molecule is CCCN(C1CC1)C1CNCC1SC. The third-order valence-corrected chi connectivity index (χ3v) is 4.44. The topological polar surface area (TPSA) is 15.3 Å². The van der Waals surface area contributed by atoms with E-state index in [4.69, 9.17) is 0 Å². The molecular formula is C11H22N2S. The molecule has 1 saturated carbocycles. The number of hydrogen-bond acceptors (Lipinski definition) is 3. The molecule has 0 aromatic heterocycles. The molecule has 14 heavy (non-hydrogen) atoms. The minimum absolute atomic E-state index is 0.803. The fourth-order valence-corrected chi connectivity index (χ4v) is 3.35. The number of hydrogen-bond donors (Lipinski definition) is 1. The second-order valence-electron chi connectivity index (χ2n) is 4.47. The molecule has 82 valence electrons. The molecule has 0 spiro atoms. The zero-order valence-corrected chi connectivity index (χ0v) is 10.1. The summed E-state index contributed by atoms with van der Waals surface area (Å²) in [6.07, 6.45) is 6.44. The van der Waals surface area contributed by atoms with Crippen molar-refractivity contribution in [2.75, 3.05) is 25.9 Å². The van der Waals surface area contributed by atoms with E-state index in [0.717, 1.165) is 17.3 Å². The molecule has 1 aliphatic heterocycles. The number of thioether (sulfide) groups is 1. The molecule has 2 fully saturated rings. The first-order valence-corrected chi connectivity index (χ1v) is 7.15. The molecule has 0 bridgehead atoms. The van der Waals surface area contributed by atoms with Crippen LogP contribution in [-0.2, 0) is 0 Å². The van der Waals surface area contributed by atoms with E-state index < -0.39 is 0 Å². The highest BCUT2D eigenvalue weighted by Gasteiger charge is 2.38. The van der Waals surface area contributed by atoms with Crippen LogP contribution < -0.4 is 5.32 Å². The Kier molecular flexibility index (Phi) is 3.74. The second-order valence-corrected chi connectivity index (χ2v) is 5.55. The van der Waals surface area contributed by atoms with Crippen molar-refractivity contribution < 1.29 is 0 Å². The smallest absolute Gasteiger partial charge is 0.0354 e. The van der Waals surface area contributed by atoms with Crippen molar-refractivity contribution in [3.63, 3.8) is 0 Å². The fourth-order valence-electron chi connectivity index (χ4n) is 2.50. The molecule has 1 N–H and O–H groups in total. The van der Waals surface area contributed by atoms with E-state index in [-0.39, 0.29) is 0 Å². The van der Waals surface area contributed by atoms with Gasteiger partial charge in [-0.15, -0.1) is 0 Å². The van der Waals surface area contributed by atoms with Crippen molar-refractivity contribution in [1.82, 2.24) is 10.2 Å². The van der Waals surface area contributed by atoms with Gasteiger partial charge in [-0.3, -0.25) is 4.90 Å². The van der Waals surface area contributed by atoms with Crippen molar-refractivity contribution in [1.29, 1.82) is 0 Å². The number of nitrogens with one attached hydrogen (secondary N) is 1. The molecule has 2 rings (SSSR count). The van der Waals surface area contributed by atoms with Crippen molar-refractivity contribution in [2.45, 2.75) is 43.5 Å². The van der Waals surface area contributed by atoms with Crippen LogP contribution in [0.15, 0.2) is 0 Å². The minimum Gasteiger partial charge on any atom is -0.314 e. The highest BCUT2D eigenvalue weighted by atomic mass is 32.2. The van der Waals surface area contributed by atoms with Crippen molar-refractivity contribution in [3.05, 3.63) is 0 Å². The van der Waals surface area contributed by atoms with E-state index in [2.05, 4.69) is 23.4 Å². The van der Waals surface area contributed by atoms with Gasteiger partial charge >= 0.3 is 0 Å². The lowest BCUT2D eigenvalue weighted by Crippen LogP contribution is -2.43. The predicted molar refractivity (Wildman–Crippen MR) is 64.0 cm³/mol. The summed E-state index contributed by atoms with van der Waals surface area (Å²) in [5, 5.41) is 4.35. The molecule has 3 heteroatoms. The van der Waals surface area contributed by atoms with Crippen LogP contribution in [0.1, 0.15) is 26.2 Å². The molecular weight excluding hydrogens is 192 g/mol. The molecule has 0 amide bonds.